The number of aromatic nitrogens is 3. The van der Waals surface area contributed by atoms with Crippen LogP contribution in [0.2, 0.25) is 0 Å². The monoisotopic (exact) mass is 342 g/mol. The van der Waals surface area contributed by atoms with Gasteiger partial charge in [0.05, 0.1) is 6.54 Å². The highest BCUT2D eigenvalue weighted by atomic mass is 16.5. The molecule has 0 bridgehead atoms. The van der Waals surface area contributed by atoms with Gasteiger partial charge in [0.25, 0.3) is 5.91 Å². The van der Waals surface area contributed by atoms with Crippen LogP contribution in [-0.4, -0.2) is 45.7 Å². The molecule has 0 atom stereocenters. The first-order chi connectivity index (χ1) is 12.3. The van der Waals surface area contributed by atoms with Crippen LogP contribution < -0.4 is 0 Å². The predicted octanol–water partition coefficient (Wildman–Crippen LogP) is 1.98. The summed E-state index contributed by atoms with van der Waals surface area (Å²) in [5.41, 5.74) is 3.75. The third kappa shape index (κ3) is 2.57. The summed E-state index contributed by atoms with van der Waals surface area (Å²) in [6.07, 6.45) is 5.69. The zero-order valence-corrected chi connectivity index (χ0v) is 14.2. The van der Waals surface area contributed by atoms with Gasteiger partial charge in [-0.15, -0.1) is 0 Å². The molecule has 1 saturated heterocycles. The number of rotatable bonds is 2. The molecule has 0 spiro atoms. The quantitative estimate of drug-likeness (QED) is 0.902. The van der Waals surface area contributed by atoms with Gasteiger partial charge in [-0.05, 0) is 32.1 Å². The van der Waals surface area contributed by atoms with Gasteiger partial charge < -0.3 is 14.1 Å². The number of H-pyrrole nitrogens is 1. The highest BCUT2D eigenvalue weighted by molar-refractivity contribution is 5.94. The van der Waals surface area contributed by atoms with E-state index in [1.165, 1.54) is 0 Å². The van der Waals surface area contributed by atoms with Crippen LogP contribution in [0.1, 0.15) is 64.3 Å². The fraction of sp³-hybridized carbons (Fsp3) is 0.611. The first-order valence-electron chi connectivity index (χ1n) is 9.21. The Bertz CT molecular complexity index is 803. The molecular formula is C18H22N4O3. The molecule has 1 amide bonds. The van der Waals surface area contributed by atoms with Crippen LogP contribution in [0.15, 0.2) is 4.42 Å². The molecule has 2 aromatic rings. The molecule has 1 fully saturated rings. The fourth-order valence-corrected chi connectivity index (χ4v) is 4.16. The predicted molar refractivity (Wildman–Crippen MR) is 88.4 cm³/mol. The van der Waals surface area contributed by atoms with Gasteiger partial charge in [-0.2, -0.15) is 5.10 Å². The van der Waals surface area contributed by atoms with E-state index in [4.69, 9.17) is 14.1 Å². The smallest absolute Gasteiger partial charge is 0.275 e. The minimum absolute atomic E-state index is 0.0145. The van der Waals surface area contributed by atoms with Gasteiger partial charge in [-0.25, -0.2) is 4.98 Å². The SMILES string of the molecule is O=C(c1n[nH]c2c1CCC2)N1CCc2oc(C3CCOCC3)nc2C1. The summed E-state index contributed by atoms with van der Waals surface area (Å²) in [7, 11) is 0. The average Bonchev–Trinajstić information content (AvgIpc) is 3.36. The van der Waals surface area contributed by atoms with Crippen molar-refractivity contribution in [1.82, 2.24) is 20.1 Å². The van der Waals surface area contributed by atoms with Crippen molar-refractivity contribution in [2.24, 2.45) is 0 Å². The molecule has 5 rings (SSSR count). The Hall–Kier alpha value is -2.15. The second kappa shape index (κ2) is 5.98. The van der Waals surface area contributed by atoms with Crippen LogP contribution in [0.5, 0.6) is 0 Å². The van der Waals surface area contributed by atoms with Gasteiger partial charge in [0.2, 0.25) is 0 Å². The summed E-state index contributed by atoms with van der Waals surface area (Å²) in [6, 6.07) is 0. The van der Waals surface area contributed by atoms with Crippen LogP contribution >= 0.6 is 0 Å². The van der Waals surface area contributed by atoms with Crippen molar-refractivity contribution in [2.75, 3.05) is 19.8 Å². The molecule has 0 radical (unpaired) electrons. The first kappa shape index (κ1) is 15.1. The molecule has 4 heterocycles. The number of hydrogen-bond acceptors (Lipinski definition) is 5. The number of nitrogens with zero attached hydrogens (tertiary/aromatic N) is 3. The zero-order valence-electron chi connectivity index (χ0n) is 14.2. The van der Waals surface area contributed by atoms with Gasteiger partial charge in [0.15, 0.2) is 11.6 Å². The molecule has 7 heteroatoms. The maximum Gasteiger partial charge on any atom is 0.275 e. The van der Waals surface area contributed by atoms with Crippen molar-refractivity contribution in [3.05, 3.63) is 34.3 Å². The Morgan fingerprint density at radius 1 is 1.20 bits per heavy atom. The van der Waals surface area contributed by atoms with E-state index in [1.54, 1.807) is 0 Å². The van der Waals surface area contributed by atoms with Crippen molar-refractivity contribution in [1.29, 1.82) is 0 Å². The minimum Gasteiger partial charge on any atom is -0.445 e. The Morgan fingerprint density at radius 3 is 2.96 bits per heavy atom. The number of nitrogens with one attached hydrogen (secondary N) is 1. The number of carbonyl (C=O) groups excluding carboxylic acids is 1. The van der Waals surface area contributed by atoms with E-state index in [0.717, 1.165) is 80.3 Å². The molecule has 0 saturated carbocycles. The van der Waals surface area contributed by atoms with Gasteiger partial charge in [0, 0.05) is 43.4 Å². The molecule has 7 nitrogen and oxygen atoms in total. The maximum absolute atomic E-state index is 12.9. The second-order valence-corrected chi connectivity index (χ2v) is 7.17. The topological polar surface area (TPSA) is 84.2 Å². The van der Waals surface area contributed by atoms with Crippen molar-refractivity contribution in [3.8, 4) is 0 Å². The molecule has 0 unspecified atom stereocenters. The third-order valence-corrected chi connectivity index (χ3v) is 5.61. The summed E-state index contributed by atoms with van der Waals surface area (Å²) >= 11 is 0. The zero-order chi connectivity index (χ0) is 16.8. The van der Waals surface area contributed by atoms with E-state index < -0.39 is 0 Å². The van der Waals surface area contributed by atoms with E-state index >= 15 is 0 Å². The molecular weight excluding hydrogens is 320 g/mol. The molecule has 3 aliphatic rings. The number of carbonyl (C=O) groups is 1. The number of aryl methyl sites for hydroxylation is 1. The lowest BCUT2D eigenvalue weighted by Crippen LogP contribution is -2.36. The number of hydrogen-bond donors (Lipinski definition) is 1. The Morgan fingerprint density at radius 2 is 2.08 bits per heavy atom. The van der Waals surface area contributed by atoms with Crippen molar-refractivity contribution in [2.45, 2.75) is 51.0 Å². The molecule has 1 aliphatic carbocycles. The Kier molecular flexibility index (Phi) is 3.62. The van der Waals surface area contributed by atoms with E-state index in [9.17, 15) is 4.79 Å². The second-order valence-electron chi connectivity index (χ2n) is 7.17. The number of ether oxygens (including phenoxy) is 1. The fourth-order valence-electron chi connectivity index (χ4n) is 4.16. The lowest BCUT2D eigenvalue weighted by molar-refractivity contribution is 0.0719. The molecule has 2 aliphatic heterocycles. The average molecular weight is 342 g/mol. The lowest BCUT2D eigenvalue weighted by atomic mass is 10.0. The van der Waals surface area contributed by atoms with Crippen LogP contribution in [0, 0.1) is 0 Å². The highest BCUT2D eigenvalue weighted by Crippen LogP contribution is 2.31. The maximum atomic E-state index is 12.9. The van der Waals surface area contributed by atoms with Gasteiger partial charge in [-0.3, -0.25) is 9.89 Å². The molecule has 25 heavy (non-hydrogen) atoms. The summed E-state index contributed by atoms with van der Waals surface area (Å²) in [6.45, 7) is 2.72. The lowest BCUT2D eigenvalue weighted by Gasteiger charge is -2.24. The van der Waals surface area contributed by atoms with E-state index in [1.807, 2.05) is 4.90 Å². The number of fused-ring (bicyclic) bond motifs is 2. The summed E-state index contributed by atoms with van der Waals surface area (Å²) in [4.78, 5) is 19.5. The van der Waals surface area contributed by atoms with Crippen molar-refractivity contribution in [3.63, 3.8) is 0 Å². The Balaban J connectivity index is 1.35. The van der Waals surface area contributed by atoms with Crippen LogP contribution in [-0.2, 0) is 30.5 Å². The van der Waals surface area contributed by atoms with Gasteiger partial charge in [-0.1, -0.05) is 0 Å². The van der Waals surface area contributed by atoms with Gasteiger partial charge in [0.1, 0.15) is 11.5 Å². The van der Waals surface area contributed by atoms with Crippen LogP contribution in [0.25, 0.3) is 0 Å². The molecule has 1 N–H and O–H groups in total. The standard InChI is InChI=1S/C18H22N4O3/c23-18(16-12-2-1-3-13(12)20-21-16)22-7-4-15-14(10-22)19-17(25-15)11-5-8-24-9-6-11/h11H,1-10H2,(H,20,21). The summed E-state index contributed by atoms with van der Waals surface area (Å²) < 4.78 is 11.4. The summed E-state index contributed by atoms with van der Waals surface area (Å²) in [5.74, 6) is 2.12. The van der Waals surface area contributed by atoms with Crippen molar-refractivity contribution < 1.29 is 13.9 Å². The minimum atomic E-state index is 0.0145. The normalized spacial score (nSPS) is 20.6. The highest BCUT2D eigenvalue weighted by Gasteiger charge is 2.32. The third-order valence-electron chi connectivity index (χ3n) is 5.61. The number of aromatic amines is 1. The van der Waals surface area contributed by atoms with Gasteiger partial charge >= 0.3 is 0 Å². The Labute approximate surface area is 145 Å². The molecule has 132 valence electrons. The van der Waals surface area contributed by atoms with E-state index in [-0.39, 0.29) is 5.91 Å². The van der Waals surface area contributed by atoms with E-state index in [2.05, 4.69) is 10.2 Å². The summed E-state index contributed by atoms with van der Waals surface area (Å²) in [5, 5.41) is 7.30. The van der Waals surface area contributed by atoms with Crippen LogP contribution in [0.4, 0.5) is 0 Å². The molecule has 0 aromatic carbocycles. The van der Waals surface area contributed by atoms with E-state index in [0.29, 0.717) is 24.7 Å². The largest absolute Gasteiger partial charge is 0.445 e. The van der Waals surface area contributed by atoms with Crippen LogP contribution in [0.3, 0.4) is 0 Å². The number of amides is 1. The first-order valence-corrected chi connectivity index (χ1v) is 9.21. The van der Waals surface area contributed by atoms with Crippen molar-refractivity contribution >= 4 is 5.91 Å². The number of oxazole rings is 1. The molecule has 2 aromatic heterocycles.